The molecule has 0 aliphatic heterocycles. The first-order chi connectivity index (χ1) is 9.83. The summed E-state index contributed by atoms with van der Waals surface area (Å²) in [7, 11) is -4.05. The Hall–Kier alpha value is -1.63. The van der Waals surface area contributed by atoms with E-state index < -0.39 is 20.7 Å². The summed E-state index contributed by atoms with van der Waals surface area (Å²) < 4.78 is 40.6. The molecule has 3 N–H and O–H groups in total. The Kier molecular flexibility index (Phi) is 4.51. The topological polar surface area (TPSA) is 72.2 Å². The molecule has 0 radical (unpaired) electrons. The summed E-state index contributed by atoms with van der Waals surface area (Å²) >= 11 is 5.97. The predicted octanol–water partition coefficient (Wildman–Crippen LogP) is 3.05. The van der Waals surface area contributed by atoms with Crippen molar-refractivity contribution < 1.29 is 12.8 Å². The van der Waals surface area contributed by atoms with Crippen molar-refractivity contribution in [3.05, 3.63) is 58.4 Å². The van der Waals surface area contributed by atoms with Gasteiger partial charge >= 0.3 is 0 Å². The Labute approximate surface area is 127 Å². The molecule has 4 nitrogen and oxygen atoms in total. The lowest BCUT2D eigenvalue weighted by Gasteiger charge is -2.11. The van der Waals surface area contributed by atoms with Gasteiger partial charge in [0.25, 0.3) is 10.0 Å². The molecule has 0 saturated carbocycles. The van der Waals surface area contributed by atoms with Gasteiger partial charge < -0.3 is 5.73 Å². The Morgan fingerprint density at radius 1 is 1.24 bits per heavy atom. The highest BCUT2D eigenvalue weighted by Crippen LogP contribution is 2.26. The number of hydrogen-bond donors (Lipinski definition) is 2. The van der Waals surface area contributed by atoms with E-state index in [0.717, 1.165) is 11.6 Å². The van der Waals surface area contributed by atoms with E-state index in [9.17, 15) is 12.8 Å². The van der Waals surface area contributed by atoms with Gasteiger partial charge in [0.2, 0.25) is 0 Å². The molecule has 0 aromatic heterocycles. The van der Waals surface area contributed by atoms with E-state index in [1.54, 1.807) is 12.1 Å². The second-order valence-corrected chi connectivity index (χ2v) is 6.62. The quantitative estimate of drug-likeness (QED) is 0.906. The maximum atomic E-state index is 13.9. The first-order valence-electron chi connectivity index (χ1n) is 6.11. The van der Waals surface area contributed by atoms with Crippen LogP contribution in [0, 0.1) is 12.7 Å². The van der Waals surface area contributed by atoms with Crippen molar-refractivity contribution in [1.82, 2.24) is 0 Å². The van der Waals surface area contributed by atoms with Crippen LogP contribution in [-0.4, -0.2) is 8.42 Å². The lowest BCUT2D eigenvalue weighted by Crippen LogP contribution is -2.15. The van der Waals surface area contributed by atoms with Crippen molar-refractivity contribution in [3.63, 3.8) is 0 Å². The molecule has 2 aromatic rings. The van der Waals surface area contributed by atoms with Gasteiger partial charge in [0.1, 0.15) is 10.7 Å². The van der Waals surface area contributed by atoms with E-state index in [0.29, 0.717) is 5.56 Å². The van der Waals surface area contributed by atoms with Gasteiger partial charge in [0.15, 0.2) is 0 Å². The average Bonchev–Trinajstić information content (AvgIpc) is 2.41. The highest BCUT2D eigenvalue weighted by Gasteiger charge is 2.20. The van der Waals surface area contributed by atoms with E-state index in [1.807, 2.05) is 6.92 Å². The van der Waals surface area contributed by atoms with Crippen LogP contribution >= 0.6 is 11.6 Å². The third-order valence-electron chi connectivity index (χ3n) is 2.89. The molecule has 0 saturated heterocycles. The van der Waals surface area contributed by atoms with Crippen molar-refractivity contribution in [3.8, 4) is 0 Å². The number of anilines is 1. The maximum absolute atomic E-state index is 13.9. The number of rotatable bonds is 4. The number of nitrogens with one attached hydrogen (secondary N) is 1. The molecular formula is C14H14ClFN2O2S. The Morgan fingerprint density at radius 2 is 1.95 bits per heavy atom. The molecule has 0 fully saturated rings. The molecule has 21 heavy (non-hydrogen) atoms. The van der Waals surface area contributed by atoms with Crippen LogP contribution in [0.2, 0.25) is 5.02 Å². The number of sulfonamides is 1. The number of hydrogen-bond acceptors (Lipinski definition) is 3. The fourth-order valence-electron chi connectivity index (χ4n) is 1.79. The highest BCUT2D eigenvalue weighted by molar-refractivity contribution is 7.92. The number of aryl methyl sites for hydroxylation is 1. The van der Waals surface area contributed by atoms with Gasteiger partial charge in [-0.15, -0.1) is 0 Å². The molecule has 0 atom stereocenters. The minimum absolute atomic E-state index is 0.133. The minimum Gasteiger partial charge on any atom is -0.326 e. The number of halogens is 2. The summed E-state index contributed by atoms with van der Waals surface area (Å²) in [5.74, 6) is -0.853. The normalized spacial score (nSPS) is 11.4. The first kappa shape index (κ1) is 15.8. The maximum Gasteiger partial charge on any atom is 0.264 e. The van der Waals surface area contributed by atoms with E-state index in [2.05, 4.69) is 4.72 Å². The summed E-state index contributed by atoms with van der Waals surface area (Å²) in [6.07, 6.45) is 0. The van der Waals surface area contributed by atoms with Gasteiger partial charge in [-0.1, -0.05) is 23.7 Å². The molecule has 2 aromatic carbocycles. The lowest BCUT2D eigenvalue weighted by molar-refractivity contribution is 0.569. The fraction of sp³-hybridized carbons (Fsp3) is 0.143. The fourth-order valence-corrected chi connectivity index (χ4v) is 3.27. The molecule has 112 valence electrons. The van der Waals surface area contributed by atoms with Gasteiger partial charge in [0.05, 0.1) is 10.7 Å². The minimum atomic E-state index is -4.05. The van der Waals surface area contributed by atoms with Crippen molar-refractivity contribution in [1.29, 1.82) is 0 Å². The Balaban J connectivity index is 2.38. The Bertz CT molecular complexity index is 779. The van der Waals surface area contributed by atoms with Crippen LogP contribution in [-0.2, 0) is 16.6 Å². The molecule has 7 heteroatoms. The predicted molar refractivity (Wildman–Crippen MR) is 81.3 cm³/mol. The van der Waals surface area contributed by atoms with Crippen molar-refractivity contribution in [2.45, 2.75) is 18.4 Å². The highest BCUT2D eigenvalue weighted by atomic mass is 35.5. The van der Waals surface area contributed by atoms with Crippen molar-refractivity contribution in [2.75, 3.05) is 4.72 Å². The molecule has 0 heterocycles. The van der Waals surface area contributed by atoms with Gasteiger partial charge in [-0.2, -0.15) is 0 Å². The number of nitrogens with two attached hydrogens (primary N) is 1. The molecule has 0 amide bonds. The zero-order valence-corrected chi connectivity index (χ0v) is 12.8. The van der Waals surface area contributed by atoms with Crippen LogP contribution in [0.1, 0.15) is 11.1 Å². The van der Waals surface area contributed by atoms with Crippen LogP contribution < -0.4 is 10.5 Å². The summed E-state index contributed by atoms with van der Waals surface area (Å²) in [6, 6.07) is 8.61. The summed E-state index contributed by atoms with van der Waals surface area (Å²) in [4.78, 5) is -0.448. The van der Waals surface area contributed by atoms with E-state index in [4.69, 9.17) is 17.3 Å². The second-order valence-electron chi connectivity index (χ2n) is 4.56. The molecule has 0 unspecified atom stereocenters. The van der Waals surface area contributed by atoms with E-state index in [-0.39, 0.29) is 17.3 Å². The first-order valence-corrected chi connectivity index (χ1v) is 7.97. The zero-order valence-electron chi connectivity index (χ0n) is 11.2. The monoisotopic (exact) mass is 328 g/mol. The largest absolute Gasteiger partial charge is 0.326 e. The molecule has 2 rings (SSSR count). The van der Waals surface area contributed by atoms with Gasteiger partial charge in [-0.3, -0.25) is 4.72 Å². The molecule has 0 aliphatic rings. The number of benzene rings is 2. The SMILES string of the molecule is Cc1ccc(NS(=O)(=O)c2ccc(CN)cc2F)c(Cl)c1. The Morgan fingerprint density at radius 3 is 2.52 bits per heavy atom. The zero-order chi connectivity index (χ0) is 15.6. The van der Waals surface area contributed by atoms with Crippen LogP contribution in [0.3, 0.4) is 0 Å². The van der Waals surface area contributed by atoms with Crippen LogP contribution in [0.5, 0.6) is 0 Å². The van der Waals surface area contributed by atoms with Crippen molar-refractivity contribution in [2.24, 2.45) is 5.73 Å². The van der Waals surface area contributed by atoms with Crippen LogP contribution in [0.25, 0.3) is 0 Å². The summed E-state index contributed by atoms with van der Waals surface area (Å²) in [5, 5.41) is 0.248. The molecular weight excluding hydrogens is 315 g/mol. The molecule has 0 bridgehead atoms. The molecule has 0 aliphatic carbocycles. The van der Waals surface area contributed by atoms with Gasteiger partial charge in [-0.05, 0) is 42.3 Å². The smallest absolute Gasteiger partial charge is 0.264 e. The lowest BCUT2D eigenvalue weighted by atomic mass is 10.2. The van der Waals surface area contributed by atoms with E-state index >= 15 is 0 Å². The van der Waals surface area contributed by atoms with Crippen molar-refractivity contribution >= 4 is 27.3 Å². The summed E-state index contributed by atoms with van der Waals surface area (Å²) in [5.41, 5.74) is 6.99. The third kappa shape index (κ3) is 3.53. The molecule has 0 spiro atoms. The summed E-state index contributed by atoms with van der Waals surface area (Å²) in [6.45, 7) is 1.96. The second kappa shape index (κ2) is 6.01. The standard InChI is InChI=1S/C14H14ClFN2O2S/c1-9-2-4-13(11(15)6-9)18-21(19,20)14-5-3-10(8-17)7-12(14)16/h2-7,18H,8,17H2,1H3. The van der Waals surface area contributed by atoms with E-state index in [1.165, 1.54) is 18.2 Å². The van der Waals surface area contributed by atoms with Crippen LogP contribution in [0.15, 0.2) is 41.3 Å². The van der Waals surface area contributed by atoms with Gasteiger partial charge in [0, 0.05) is 6.54 Å². The van der Waals surface area contributed by atoms with Crippen LogP contribution in [0.4, 0.5) is 10.1 Å². The van der Waals surface area contributed by atoms with Gasteiger partial charge in [-0.25, -0.2) is 12.8 Å². The third-order valence-corrected chi connectivity index (χ3v) is 4.60. The average molecular weight is 329 g/mol.